The first-order chi connectivity index (χ1) is 13.2. The number of aryl methyl sites for hydroxylation is 2. The lowest BCUT2D eigenvalue weighted by atomic mass is 10.2. The standard InChI is InChI=1S/C20H18N2O4S2/c1-14-3-12-20(15(2)13-14)27-18-8-4-16(5-9-18)21-28(25,26)19-10-6-17(7-11-19)22(23)24/h3-13,21H,1-2H3. The Hall–Kier alpha value is -2.84. The lowest BCUT2D eigenvalue weighted by Gasteiger charge is -2.10. The number of nitrogens with zero attached hydrogens (tertiary/aromatic N) is 1. The van der Waals surface area contributed by atoms with Crippen LogP contribution in [0.5, 0.6) is 0 Å². The molecular weight excluding hydrogens is 396 g/mol. The molecule has 0 fully saturated rings. The van der Waals surface area contributed by atoms with Gasteiger partial charge in [0, 0.05) is 27.6 Å². The van der Waals surface area contributed by atoms with Gasteiger partial charge in [0.1, 0.15) is 0 Å². The van der Waals surface area contributed by atoms with Gasteiger partial charge in [-0.25, -0.2) is 8.42 Å². The summed E-state index contributed by atoms with van der Waals surface area (Å²) in [7, 11) is -3.82. The molecular formula is C20H18N2O4S2. The van der Waals surface area contributed by atoms with Gasteiger partial charge in [0.2, 0.25) is 0 Å². The summed E-state index contributed by atoms with van der Waals surface area (Å²) in [5.74, 6) is 0. The molecule has 0 unspecified atom stereocenters. The number of anilines is 1. The number of nitro benzene ring substituents is 1. The Bertz CT molecular complexity index is 1110. The average molecular weight is 415 g/mol. The van der Waals surface area contributed by atoms with E-state index in [9.17, 15) is 18.5 Å². The molecule has 144 valence electrons. The van der Waals surface area contributed by atoms with Crippen LogP contribution in [0.1, 0.15) is 11.1 Å². The van der Waals surface area contributed by atoms with Crippen LogP contribution in [0.2, 0.25) is 0 Å². The second-order valence-electron chi connectivity index (χ2n) is 6.25. The van der Waals surface area contributed by atoms with Crippen LogP contribution in [0.3, 0.4) is 0 Å². The number of benzene rings is 3. The van der Waals surface area contributed by atoms with E-state index in [4.69, 9.17) is 0 Å². The normalized spacial score (nSPS) is 11.2. The van der Waals surface area contributed by atoms with Gasteiger partial charge in [0.05, 0.1) is 9.82 Å². The first-order valence-electron chi connectivity index (χ1n) is 8.37. The molecule has 0 saturated carbocycles. The van der Waals surface area contributed by atoms with E-state index in [0.29, 0.717) is 5.69 Å². The maximum Gasteiger partial charge on any atom is 0.269 e. The van der Waals surface area contributed by atoms with Crippen LogP contribution in [-0.2, 0) is 10.0 Å². The molecule has 3 rings (SSSR count). The van der Waals surface area contributed by atoms with E-state index in [2.05, 4.69) is 29.8 Å². The third-order valence-corrected chi connectivity index (χ3v) is 6.61. The molecule has 3 aromatic rings. The first kappa shape index (κ1) is 19.9. The average Bonchev–Trinajstić information content (AvgIpc) is 2.65. The van der Waals surface area contributed by atoms with Crippen LogP contribution < -0.4 is 4.72 Å². The molecule has 0 aromatic heterocycles. The van der Waals surface area contributed by atoms with Crippen molar-refractivity contribution in [3.63, 3.8) is 0 Å². The zero-order valence-corrected chi connectivity index (χ0v) is 16.9. The lowest BCUT2D eigenvalue weighted by Crippen LogP contribution is -2.12. The molecule has 0 aliphatic heterocycles. The lowest BCUT2D eigenvalue weighted by molar-refractivity contribution is -0.384. The van der Waals surface area contributed by atoms with Gasteiger partial charge < -0.3 is 0 Å². The summed E-state index contributed by atoms with van der Waals surface area (Å²) >= 11 is 1.61. The quantitative estimate of drug-likeness (QED) is 0.444. The van der Waals surface area contributed by atoms with Gasteiger partial charge in [-0.2, -0.15) is 0 Å². The Balaban J connectivity index is 1.73. The summed E-state index contributed by atoms with van der Waals surface area (Å²) in [6.07, 6.45) is 0. The van der Waals surface area contributed by atoms with E-state index >= 15 is 0 Å². The van der Waals surface area contributed by atoms with Gasteiger partial charge in [-0.05, 0) is 61.9 Å². The summed E-state index contributed by atoms with van der Waals surface area (Å²) < 4.78 is 27.4. The molecule has 0 amide bonds. The Kier molecular flexibility index (Phi) is 5.71. The van der Waals surface area contributed by atoms with Crippen LogP contribution >= 0.6 is 11.8 Å². The van der Waals surface area contributed by atoms with E-state index < -0.39 is 14.9 Å². The fourth-order valence-corrected chi connectivity index (χ4v) is 4.53. The van der Waals surface area contributed by atoms with Crippen molar-refractivity contribution in [3.05, 3.63) is 88.0 Å². The van der Waals surface area contributed by atoms with Crippen molar-refractivity contribution in [2.24, 2.45) is 0 Å². The Morgan fingerprint density at radius 2 is 1.57 bits per heavy atom. The van der Waals surface area contributed by atoms with Crippen LogP contribution in [0.25, 0.3) is 0 Å². The third-order valence-electron chi connectivity index (χ3n) is 4.02. The van der Waals surface area contributed by atoms with Crippen molar-refractivity contribution in [2.75, 3.05) is 4.72 Å². The van der Waals surface area contributed by atoms with Crippen molar-refractivity contribution in [1.82, 2.24) is 0 Å². The number of non-ortho nitro benzene ring substituents is 1. The van der Waals surface area contributed by atoms with Gasteiger partial charge in [0.25, 0.3) is 15.7 Å². The van der Waals surface area contributed by atoms with E-state index in [1.54, 1.807) is 23.9 Å². The number of nitrogens with one attached hydrogen (secondary N) is 1. The van der Waals surface area contributed by atoms with Crippen LogP contribution in [-0.4, -0.2) is 13.3 Å². The summed E-state index contributed by atoms with van der Waals surface area (Å²) in [5, 5.41) is 10.7. The van der Waals surface area contributed by atoms with E-state index in [1.807, 2.05) is 19.1 Å². The third kappa shape index (κ3) is 4.71. The summed E-state index contributed by atoms with van der Waals surface area (Å²) in [6.45, 7) is 4.11. The molecule has 0 atom stereocenters. The Morgan fingerprint density at radius 3 is 2.14 bits per heavy atom. The maximum atomic E-state index is 12.4. The molecule has 0 bridgehead atoms. The van der Waals surface area contributed by atoms with Crippen LogP contribution in [0.4, 0.5) is 11.4 Å². The molecule has 0 saturated heterocycles. The monoisotopic (exact) mass is 414 g/mol. The van der Waals surface area contributed by atoms with Crippen molar-refractivity contribution in [3.8, 4) is 0 Å². The van der Waals surface area contributed by atoms with Crippen molar-refractivity contribution < 1.29 is 13.3 Å². The van der Waals surface area contributed by atoms with Crippen molar-refractivity contribution in [1.29, 1.82) is 0 Å². The molecule has 28 heavy (non-hydrogen) atoms. The van der Waals surface area contributed by atoms with Crippen LogP contribution in [0, 0.1) is 24.0 Å². The SMILES string of the molecule is Cc1ccc(Sc2ccc(NS(=O)(=O)c3ccc([N+](=O)[O-])cc3)cc2)c(C)c1. The van der Waals surface area contributed by atoms with Gasteiger partial charge in [-0.3, -0.25) is 14.8 Å². The van der Waals surface area contributed by atoms with Gasteiger partial charge >= 0.3 is 0 Å². The number of rotatable bonds is 6. The number of hydrogen-bond donors (Lipinski definition) is 1. The molecule has 1 N–H and O–H groups in total. The maximum absolute atomic E-state index is 12.4. The zero-order chi connectivity index (χ0) is 20.3. The highest BCUT2D eigenvalue weighted by atomic mass is 32.2. The predicted molar refractivity (Wildman–Crippen MR) is 110 cm³/mol. The fraction of sp³-hybridized carbons (Fsp3) is 0.100. The van der Waals surface area contributed by atoms with Gasteiger partial charge in [-0.1, -0.05) is 29.5 Å². The molecule has 0 heterocycles. The minimum atomic E-state index is -3.82. The molecule has 8 heteroatoms. The van der Waals surface area contributed by atoms with E-state index in [1.165, 1.54) is 23.3 Å². The Labute approximate surface area is 167 Å². The topological polar surface area (TPSA) is 89.3 Å². The smallest absolute Gasteiger partial charge is 0.269 e. The molecule has 0 aliphatic rings. The molecule has 3 aromatic carbocycles. The second-order valence-corrected chi connectivity index (χ2v) is 9.05. The number of hydrogen-bond acceptors (Lipinski definition) is 5. The highest BCUT2D eigenvalue weighted by molar-refractivity contribution is 7.99. The number of sulfonamides is 1. The number of nitro groups is 1. The predicted octanol–water partition coefficient (Wildman–Crippen LogP) is 5.16. The fourth-order valence-electron chi connectivity index (χ4n) is 2.59. The van der Waals surface area contributed by atoms with Gasteiger partial charge in [-0.15, -0.1) is 0 Å². The molecule has 0 aliphatic carbocycles. The van der Waals surface area contributed by atoms with E-state index in [-0.39, 0.29) is 10.6 Å². The highest BCUT2D eigenvalue weighted by Crippen LogP contribution is 2.31. The van der Waals surface area contributed by atoms with Gasteiger partial charge in [0.15, 0.2) is 0 Å². The molecule has 0 radical (unpaired) electrons. The summed E-state index contributed by atoms with van der Waals surface area (Å²) in [5.41, 5.74) is 2.65. The molecule has 6 nitrogen and oxygen atoms in total. The first-order valence-corrected chi connectivity index (χ1v) is 10.7. The second kappa shape index (κ2) is 8.04. The highest BCUT2D eigenvalue weighted by Gasteiger charge is 2.16. The minimum Gasteiger partial charge on any atom is -0.280 e. The zero-order valence-electron chi connectivity index (χ0n) is 15.2. The summed E-state index contributed by atoms with van der Waals surface area (Å²) in [4.78, 5) is 12.2. The molecule has 0 spiro atoms. The minimum absolute atomic E-state index is 0.0353. The largest absolute Gasteiger partial charge is 0.280 e. The Morgan fingerprint density at radius 1 is 0.929 bits per heavy atom. The van der Waals surface area contributed by atoms with Crippen molar-refractivity contribution >= 4 is 33.2 Å². The van der Waals surface area contributed by atoms with Crippen molar-refractivity contribution in [2.45, 2.75) is 28.5 Å². The van der Waals surface area contributed by atoms with Crippen LogP contribution in [0.15, 0.2) is 81.4 Å². The van der Waals surface area contributed by atoms with E-state index in [0.717, 1.165) is 21.9 Å². The summed E-state index contributed by atoms with van der Waals surface area (Å²) in [6, 6.07) is 18.1.